The molecule has 4 amide bonds. The van der Waals surface area contributed by atoms with Gasteiger partial charge in [0.05, 0.1) is 11.1 Å². The quantitative estimate of drug-likeness (QED) is 0.708. The summed E-state index contributed by atoms with van der Waals surface area (Å²) < 4.78 is 0. The zero-order chi connectivity index (χ0) is 21.0. The van der Waals surface area contributed by atoms with Crippen LogP contribution in [0.3, 0.4) is 0 Å². The van der Waals surface area contributed by atoms with Gasteiger partial charge in [-0.1, -0.05) is 12.1 Å². The topological polar surface area (TPSA) is 113 Å². The number of rotatable bonds is 3. The Bertz CT molecular complexity index is 945. The van der Waals surface area contributed by atoms with Crippen molar-refractivity contribution in [2.45, 2.75) is 50.7 Å². The van der Waals surface area contributed by atoms with Crippen LogP contribution < -0.4 is 11.1 Å². The average Bonchev–Trinajstić information content (AvgIpc) is 3.19. The summed E-state index contributed by atoms with van der Waals surface area (Å²) in [6.45, 7) is 2.52. The molecule has 0 bridgehead atoms. The van der Waals surface area contributed by atoms with E-state index in [0.717, 1.165) is 42.8 Å². The van der Waals surface area contributed by atoms with Crippen molar-refractivity contribution in [1.29, 1.82) is 0 Å². The third kappa shape index (κ3) is 3.15. The zero-order valence-electron chi connectivity index (χ0n) is 16.8. The molecule has 158 valence electrons. The number of benzene rings is 1. The molecule has 1 aromatic rings. The fraction of sp³-hybridized carbons (Fsp3) is 0.545. The van der Waals surface area contributed by atoms with Gasteiger partial charge in [0.15, 0.2) is 0 Å². The number of amides is 4. The number of carbonyl (C=O) groups excluding carboxylic acids is 4. The minimum atomic E-state index is -0.932. The Morgan fingerprint density at radius 3 is 2.63 bits per heavy atom. The number of hydrogen-bond donors (Lipinski definition) is 2. The molecule has 8 heteroatoms. The minimum absolute atomic E-state index is 0.120. The van der Waals surface area contributed by atoms with Crippen LogP contribution in [0, 0.1) is 11.8 Å². The molecule has 3 fully saturated rings. The lowest BCUT2D eigenvalue weighted by molar-refractivity contribution is -0.136. The van der Waals surface area contributed by atoms with Crippen molar-refractivity contribution in [2.75, 3.05) is 13.1 Å². The number of fused-ring (bicyclic) bond motifs is 2. The maximum absolute atomic E-state index is 13.2. The van der Waals surface area contributed by atoms with Gasteiger partial charge in [-0.25, -0.2) is 0 Å². The normalized spacial score (nSPS) is 31.7. The van der Waals surface area contributed by atoms with Crippen LogP contribution in [0.15, 0.2) is 18.2 Å². The first-order valence-corrected chi connectivity index (χ1v) is 10.7. The highest BCUT2D eigenvalue weighted by Crippen LogP contribution is 2.38. The van der Waals surface area contributed by atoms with Crippen LogP contribution in [-0.4, -0.2) is 58.6 Å². The van der Waals surface area contributed by atoms with Crippen LogP contribution >= 0.6 is 0 Å². The lowest BCUT2D eigenvalue weighted by Gasteiger charge is -2.35. The van der Waals surface area contributed by atoms with Crippen LogP contribution in [0.25, 0.3) is 0 Å². The van der Waals surface area contributed by atoms with E-state index in [9.17, 15) is 19.2 Å². The van der Waals surface area contributed by atoms with Crippen LogP contribution in [0.5, 0.6) is 0 Å². The summed E-state index contributed by atoms with van der Waals surface area (Å²) in [4.78, 5) is 53.3. The molecule has 3 heterocycles. The maximum Gasteiger partial charge on any atom is 0.262 e. The molecule has 2 saturated heterocycles. The van der Waals surface area contributed by atoms with Gasteiger partial charge in [-0.2, -0.15) is 0 Å². The smallest absolute Gasteiger partial charge is 0.262 e. The number of likely N-dealkylation sites (tertiary alicyclic amines) is 1. The highest BCUT2D eigenvalue weighted by Gasteiger charge is 2.45. The number of carbonyl (C=O) groups is 4. The summed E-state index contributed by atoms with van der Waals surface area (Å²) >= 11 is 0. The Morgan fingerprint density at radius 1 is 1.03 bits per heavy atom. The van der Waals surface area contributed by atoms with E-state index >= 15 is 0 Å². The van der Waals surface area contributed by atoms with Crippen molar-refractivity contribution in [3.05, 3.63) is 34.9 Å². The van der Waals surface area contributed by atoms with Crippen LogP contribution in [0.4, 0.5) is 0 Å². The molecule has 3 aliphatic heterocycles. The first-order chi connectivity index (χ1) is 14.4. The molecule has 1 saturated carbocycles. The highest BCUT2D eigenvalue weighted by atomic mass is 16.2. The predicted molar refractivity (Wildman–Crippen MR) is 107 cm³/mol. The molecule has 5 rings (SSSR count). The summed E-state index contributed by atoms with van der Waals surface area (Å²) in [6, 6.07) is 4.70. The molecular formula is C22H26N4O4. The van der Waals surface area contributed by atoms with E-state index in [1.54, 1.807) is 12.1 Å². The van der Waals surface area contributed by atoms with E-state index in [2.05, 4.69) is 10.2 Å². The highest BCUT2D eigenvalue weighted by molar-refractivity contribution is 6.24. The van der Waals surface area contributed by atoms with Crippen LogP contribution in [0.2, 0.25) is 0 Å². The first kappa shape index (κ1) is 19.4. The third-order valence-electron chi connectivity index (χ3n) is 7.13. The number of hydrogen-bond acceptors (Lipinski definition) is 6. The zero-order valence-corrected chi connectivity index (χ0v) is 16.8. The molecule has 1 aromatic carbocycles. The second-order valence-corrected chi connectivity index (χ2v) is 9.06. The predicted octanol–water partition coefficient (Wildman–Crippen LogP) is 0.647. The Labute approximate surface area is 174 Å². The van der Waals surface area contributed by atoms with Gasteiger partial charge in [-0.15, -0.1) is 0 Å². The summed E-state index contributed by atoms with van der Waals surface area (Å²) in [5, 5.41) is 2.24. The van der Waals surface area contributed by atoms with Gasteiger partial charge in [0.25, 0.3) is 11.8 Å². The molecule has 3 N–H and O–H groups in total. The molecule has 4 atom stereocenters. The fourth-order valence-electron chi connectivity index (χ4n) is 5.71. The molecule has 30 heavy (non-hydrogen) atoms. The third-order valence-corrected chi connectivity index (χ3v) is 7.13. The van der Waals surface area contributed by atoms with Crippen molar-refractivity contribution in [1.82, 2.24) is 15.1 Å². The number of nitrogens with one attached hydrogen (secondary N) is 1. The molecule has 4 aliphatic rings. The van der Waals surface area contributed by atoms with E-state index in [4.69, 9.17) is 5.73 Å². The van der Waals surface area contributed by atoms with E-state index in [0.29, 0.717) is 35.5 Å². The molecule has 1 aliphatic carbocycles. The number of nitrogens with two attached hydrogens (primary N) is 1. The second-order valence-electron chi connectivity index (χ2n) is 9.06. The number of nitrogens with zero attached hydrogens (tertiary/aromatic N) is 2. The van der Waals surface area contributed by atoms with Crippen molar-refractivity contribution < 1.29 is 19.2 Å². The Balaban J connectivity index is 1.37. The lowest BCUT2D eigenvalue weighted by atomic mass is 9.88. The first-order valence-electron chi connectivity index (χ1n) is 10.7. The van der Waals surface area contributed by atoms with E-state index in [1.807, 2.05) is 6.07 Å². The van der Waals surface area contributed by atoms with Gasteiger partial charge in [0.1, 0.15) is 6.04 Å². The monoisotopic (exact) mass is 410 g/mol. The van der Waals surface area contributed by atoms with E-state index in [-0.39, 0.29) is 18.7 Å². The van der Waals surface area contributed by atoms with Gasteiger partial charge in [-0.05, 0) is 55.7 Å². The lowest BCUT2D eigenvalue weighted by Crippen LogP contribution is -2.54. The largest absolute Gasteiger partial charge is 0.328 e. The number of imide groups is 2. The Hall–Kier alpha value is -2.58. The van der Waals surface area contributed by atoms with Gasteiger partial charge in [-0.3, -0.25) is 34.3 Å². The maximum atomic E-state index is 13.2. The van der Waals surface area contributed by atoms with Crippen LogP contribution in [-0.2, 0) is 16.1 Å². The van der Waals surface area contributed by atoms with Crippen molar-refractivity contribution in [2.24, 2.45) is 17.6 Å². The van der Waals surface area contributed by atoms with Crippen molar-refractivity contribution in [3.63, 3.8) is 0 Å². The van der Waals surface area contributed by atoms with Crippen molar-refractivity contribution >= 4 is 23.6 Å². The molecule has 2 unspecified atom stereocenters. The number of piperidine rings is 2. The second kappa shape index (κ2) is 7.28. The molecule has 8 nitrogen and oxygen atoms in total. The van der Waals surface area contributed by atoms with Gasteiger partial charge in [0.2, 0.25) is 11.8 Å². The SMILES string of the molecule is NC1C[C@@H]2CCN(Cc3cccc4c3C(=O)N(C3CCC(=O)NC3=O)C4=O)C[C@@H]2C1. The van der Waals surface area contributed by atoms with E-state index in [1.165, 1.54) is 0 Å². The summed E-state index contributed by atoms with van der Waals surface area (Å²) in [5.74, 6) is -0.540. The Kier molecular flexibility index (Phi) is 4.71. The van der Waals surface area contributed by atoms with Gasteiger partial charge in [0, 0.05) is 25.6 Å². The fourth-order valence-corrected chi connectivity index (χ4v) is 5.71. The summed E-state index contributed by atoms with van der Waals surface area (Å²) in [7, 11) is 0. The van der Waals surface area contributed by atoms with Gasteiger partial charge < -0.3 is 5.73 Å². The molecular weight excluding hydrogens is 384 g/mol. The van der Waals surface area contributed by atoms with Gasteiger partial charge >= 0.3 is 0 Å². The summed E-state index contributed by atoms with van der Waals surface area (Å²) in [5.41, 5.74) is 7.71. The molecule has 0 spiro atoms. The Morgan fingerprint density at radius 2 is 1.83 bits per heavy atom. The summed E-state index contributed by atoms with van der Waals surface area (Å²) in [6.07, 6.45) is 3.56. The molecule has 0 radical (unpaired) electrons. The van der Waals surface area contributed by atoms with Crippen molar-refractivity contribution in [3.8, 4) is 0 Å². The van der Waals surface area contributed by atoms with Crippen LogP contribution in [0.1, 0.15) is 58.4 Å². The standard InChI is InChI=1S/C22H26N4O4/c23-15-8-12-6-7-25(11-14(12)9-15)10-13-2-1-3-16-19(13)22(30)26(21(16)29)17-4-5-18(27)24-20(17)28/h1-3,12,14-15,17H,4-11,23H2,(H,24,27,28)/t12-,14-,15?,17?/m0/s1. The molecule has 0 aromatic heterocycles. The average molecular weight is 410 g/mol. The minimum Gasteiger partial charge on any atom is -0.328 e. The van der Waals surface area contributed by atoms with E-state index < -0.39 is 23.8 Å².